The molecule has 0 saturated carbocycles. The van der Waals surface area contributed by atoms with Crippen LogP contribution in [0.25, 0.3) is 10.3 Å². The minimum atomic E-state index is -0.504. The molecule has 1 amide bonds. The fourth-order valence-electron chi connectivity index (χ4n) is 3.47. The molecule has 1 saturated heterocycles. The Hall–Kier alpha value is -2.67. The molecule has 1 fully saturated rings. The van der Waals surface area contributed by atoms with Crippen molar-refractivity contribution in [3.05, 3.63) is 48.2 Å². The number of amides is 1. The van der Waals surface area contributed by atoms with Gasteiger partial charge in [0, 0.05) is 32.4 Å². The van der Waals surface area contributed by atoms with E-state index in [9.17, 15) is 4.79 Å². The van der Waals surface area contributed by atoms with Gasteiger partial charge in [0.2, 0.25) is 0 Å². The third-order valence-corrected chi connectivity index (χ3v) is 6.24. The average Bonchev–Trinajstić information content (AvgIpc) is 3.18. The van der Waals surface area contributed by atoms with Gasteiger partial charge in [-0.1, -0.05) is 37.3 Å². The molecule has 4 rings (SSSR count). The predicted octanol–water partition coefficient (Wildman–Crippen LogP) is 3.93. The molecule has 6 nitrogen and oxygen atoms in total. The van der Waals surface area contributed by atoms with Crippen molar-refractivity contribution in [2.24, 2.45) is 0 Å². The molecule has 29 heavy (non-hydrogen) atoms. The number of piperazine rings is 1. The summed E-state index contributed by atoms with van der Waals surface area (Å²) in [5.41, 5.74) is 2.14. The number of pyridine rings is 1. The Labute approximate surface area is 175 Å². The zero-order valence-electron chi connectivity index (χ0n) is 17.0. The summed E-state index contributed by atoms with van der Waals surface area (Å²) in [4.78, 5) is 27.0. The van der Waals surface area contributed by atoms with Gasteiger partial charge in [-0.15, -0.1) is 0 Å². The molecule has 152 valence electrons. The Morgan fingerprint density at radius 1 is 1.10 bits per heavy atom. The van der Waals surface area contributed by atoms with E-state index >= 15 is 0 Å². The summed E-state index contributed by atoms with van der Waals surface area (Å²) in [6.45, 7) is 8.99. The van der Waals surface area contributed by atoms with Gasteiger partial charge >= 0.3 is 0 Å². The van der Waals surface area contributed by atoms with E-state index in [1.165, 1.54) is 5.56 Å². The molecular weight excluding hydrogens is 384 g/mol. The van der Waals surface area contributed by atoms with E-state index in [0.29, 0.717) is 19.0 Å². The van der Waals surface area contributed by atoms with Crippen molar-refractivity contribution in [1.82, 2.24) is 14.9 Å². The molecule has 0 radical (unpaired) electrons. The van der Waals surface area contributed by atoms with Crippen LogP contribution in [0.2, 0.25) is 0 Å². The molecule has 1 aliphatic heterocycles. The van der Waals surface area contributed by atoms with Gasteiger partial charge in [0.25, 0.3) is 5.91 Å². The average molecular weight is 411 g/mol. The molecule has 1 atom stereocenters. The zero-order chi connectivity index (χ0) is 20.4. The maximum Gasteiger partial charge on any atom is 0.263 e. The number of anilines is 1. The second-order valence-electron chi connectivity index (χ2n) is 7.62. The maximum absolute atomic E-state index is 12.9. The monoisotopic (exact) mass is 410 g/mol. The molecule has 0 bridgehead atoms. The van der Waals surface area contributed by atoms with Crippen LogP contribution in [0.5, 0.6) is 5.75 Å². The highest BCUT2D eigenvalue weighted by Gasteiger charge is 2.27. The molecule has 1 unspecified atom stereocenters. The quantitative estimate of drug-likeness (QED) is 0.638. The van der Waals surface area contributed by atoms with Crippen LogP contribution in [0.15, 0.2) is 42.6 Å². The number of aromatic nitrogens is 2. The van der Waals surface area contributed by atoms with Crippen molar-refractivity contribution >= 4 is 32.7 Å². The van der Waals surface area contributed by atoms with Crippen LogP contribution in [0.3, 0.4) is 0 Å². The number of fused-ring (bicyclic) bond motifs is 1. The minimum absolute atomic E-state index is 0.0329. The van der Waals surface area contributed by atoms with Gasteiger partial charge < -0.3 is 14.5 Å². The lowest BCUT2D eigenvalue weighted by Gasteiger charge is -2.35. The van der Waals surface area contributed by atoms with Crippen LogP contribution in [0.1, 0.15) is 32.3 Å². The highest BCUT2D eigenvalue weighted by Crippen LogP contribution is 2.28. The number of carbonyl (C=O) groups excluding carboxylic acids is 1. The summed E-state index contributed by atoms with van der Waals surface area (Å²) < 4.78 is 5.95. The summed E-state index contributed by atoms with van der Waals surface area (Å²) in [6.07, 6.45) is 1.29. The second kappa shape index (κ2) is 8.37. The molecule has 3 aromatic rings. The third kappa shape index (κ3) is 4.34. The van der Waals surface area contributed by atoms with Crippen LogP contribution >= 0.6 is 11.3 Å². The van der Waals surface area contributed by atoms with E-state index in [1.807, 2.05) is 42.2 Å². The van der Waals surface area contributed by atoms with E-state index in [-0.39, 0.29) is 5.91 Å². The summed E-state index contributed by atoms with van der Waals surface area (Å²) in [5, 5.41) is 0.973. The summed E-state index contributed by atoms with van der Waals surface area (Å²) in [6, 6.07) is 11.9. The van der Waals surface area contributed by atoms with E-state index in [2.05, 4.69) is 34.8 Å². The lowest BCUT2D eigenvalue weighted by atomic mass is 10.0. The first-order valence-electron chi connectivity index (χ1n) is 10.0. The fraction of sp³-hybridized carbons (Fsp3) is 0.409. The van der Waals surface area contributed by atoms with Gasteiger partial charge in [0.1, 0.15) is 16.1 Å². The number of carbonyl (C=O) groups is 1. The molecule has 3 heterocycles. The van der Waals surface area contributed by atoms with E-state index in [4.69, 9.17) is 4.74 Å². The Morgan fingerprint density at radius 3 is 2.62 bits per heavy atom. The number of hydrogen-bond acceptors (Lipinski definition) is 6. The smallest absolute Gasteiger partial charge is 0.263 e. The summed E-state index contributed by atoms with van der Waals surface area (Å²) >= 11 is 1.60. The van der Waals surface area contributed by atoms with Gasteiger partial charge in [0.05, 0.1) is 0 Å². The van der Waals surface area contributed by atoms with Crippen LogP contribution < -0.4 is 9.64 Å². The first-order chi connectivity index (χ1) is 14.0. The zero-order valence-corrected chi connectivity index (χ0v) is 17.9. The molecule has 1 aliphatic rings. The van der Waals surface area contributed by atoms with Crippen LogP contribution in [0.4, 0.5) is 5.13 Å². The maximum atomic E-state index is 12.9. The number of rotatable bonds is 5. The van der Waals surface area contributed by atoms with Gasteiger partial charge in [-0.2, -0.15) is 0 Å². The highest BCUT2D eigenvalue weighted by molar-refractivity contribution is 7.21. The predicted molar refractivity (Wildman–Crippen MR) is 117 cm³/mol. The number of benzene rings is 1. The largest absolute Gasteiger partial charge is 0.481 e. The van der Waals surface area contributed by atoms with Gasteiger partial charge in [0.15, 0.2) is 11.2 Å². The van der Waals surface area contributed by atoms with E-state index in [0.717, 1.165) is 34.3 Å². The van der Waals surface area contributed by atoms with Crippen LogP contribution in [0, 0.1) is 0 Å². The highest BCUT2D eigenvalue weighted by atomic mass is 32.1. The molecule has 2 aromatic heterocycles. The molecule has 1 aromatic carbocycles. The SMILES string of the molecule is CC(Oc1cccc(C(C)C)c1)C(=O)N1CCN(c2nc3cccnc3s2)CC1. The van der Waals surface area contributed by atoms with Crippen LogP contribution in [-0.2, 0) is 4.79 Å². The van der Waals surface area contributed by atoms with Crippen molar-refractivity contribution < 1.29 is 9.53 Å². The van der Waals surface area contributed by atoms with Crippen molar-refractivity contribution in [3.63, 3.8) is 0 Å². The van der Waals surface area contributed by atoms with Gasteiger partial charge in [-0.25, -0.2) is 9.97 Å². The van der Waals surface area contributed by atoms with Crippen molar-refractivity contribution in [1.29, 1.82) is 0 Å². The topological polar surface area (TPSA) is 58.6 Å². The Balaban J connectivity index is 1.35. The molecule has 0 aliphatic carbocycles. The van der Waals surface area contributed by atoms with Gasteiger partial charge in [-0.3, -0.25) is 4.79 Å². The first-order valence-corrected chi connectivity index (χ1v) is 10.8. The number of ether oxygens (including phenoxy) is 1. The lowest BCUT2D eigenvalue weighted by Crippen LogP contribution is -2.52. The van der Waals surface area contributed by atoms with Crippen molar-refractivity contribution in [3.8, 4) is 5.75 Å². The molecule has 0 N–H and O–H groups in total. The van der Waals surface area contributed by atoms with Crippen LogP contribution in [-0.4, -0.2) is 53.1 Å². The third-order valence-electron chi connectivity index (χ3n) is 5.20. The number of nitrogens with zero attached hydrogens (tertiary/aromatic N) is 4. The number of thiazole rings is 1. The Bertz CT molecular complexity index is 962. The first kappa shape index (κ1) is 19.6. The number of hydrogen-bond donors (Lipinski definition) is 0. The standard InChI is InChI=1S/C22H26N4O2S/c1-15(2)17-6-4-7-18(14-17)28-16(3)21(27)25-10-12-26(13-11-25)22-24-19-8-5-9-23-20(19)29-22/h4-9,14-16H,10-13H2,1-3H3. The molecular formula is C22H26N4O2S. The van der Waals surface area contributed by atoms with E-state index in [1.54, 1.807) is 17.5 Å². The Morgan fingerprint density at radius 2 is 1.90 bits per heavy atom. The normalized spacial score (nSPS) is 15.7. The summed E-state index contributed by atoms with van der Waals surface area (Å²) in [7, 11) is 0. The minimum Gasteiger partial charge on any atom is -0.481 e. The molecule has 7 heteroatoms. The fourth-order valence-corrected chi connectivity index (χ4v) is 4.43. The van der Waals surface area contributed by atoms with Crippen molar-refractivity contribution in [2.75, 3.05) is 31.1 Å². The summed E-state index contributed by atoms with van der Waals surface area (Å²) in [5.74, 6) is 1.21. The lowest BCUT2D eigenvalue weighted by molar-refractivity contribution is -0.138. The van der Waals surface area contributed by atoms with Gasteiger partial charge in [-0.05, 0) is 42.7 Å². The Kier molecular flexibility index (Phi) is 5.67. The second-order valence-corrected chi connectivity index (χ2v) is 8.58. The van der Waals surface area contributed by atoms with E-state index < -0.39 is 6.10 Å². The van der Waals surface area contributed by atoms with Crippen molar-refractivity contribution in [2.45, 2.75) is 32.8 Å². The molecule has 0 spiro atoms.